The third-order valence-electron chi connectivity index (χ3n) is 4.38. The number of hydrogen-bond donors (Lipinski definition) is 0. The molecule has 6 nitrogen and oxygen atoms in total. The Labute approximate surface area is 177 Å². The second-order valence-electron chi connectivity index (χ2n) is 5.84. The minimum absolute atomic E-state index is 0. The number of piperazine rings is 1. The van der Waals surface area contributed by atoms with Gasteiger partial charge in [0.1, 0.15) is 17.3 Å². The molecule has 2 aromatic rings. The number of rotatable bonds is 6. The Balaban J connectivity index is 0.00000182. The number of thioether (sulfide) groups is 1. The molecule has 27 heavy (non-hydrogen) atoms. The quantitative estimate of drug-likeness (QED) is 0.511. The fraction of sp³-hybridized carbons (Fsp3) is 0.444. The van der Waals surface area contributed by atoms with Gasteiger partial charge >= 0.3 is 0 Å². The van der Waals surface area contributed by atoms with Crippen molar-refractivity contribution in [2.24, 2.45) is 0 Å². The number of benzene rings is 1. The first-order chi connectivity index (χ1) is 12.2. The van der Waals surface area contributed by atoms with Crippen molar-refractivity contribution in [2.45, 2.75) is 11.7 Å². The molecule has 3 rings (SSSR count). The van der Waals surface area contributed by atoms with Crippen LogP contribution >= 0.6 is 36.6 Å². The summed E-state index contributed by atoms with van der Waals surface area (Å²) in [5, 5.41) is 0.820. The average molecular weight is 433 g/mol. The van der Waals surface area contributed by atoms with Crippen LogP contribution < -0.4 is 14.4 Å². The molecule has 0 amide bonds. The van der Waals surface area contributed by atoms with Gasteiger partial charge in [0, 0.05) is 44.5 Å². The zero-order valence-electron chi connectivity index (χ0n) is 15.8. The second kappa shape index (κ2) is 11.4. The zero-order valence-corrected chi connectivity index (χ0v) is 18.2. The van der Waals surface area contributed by atoms with Gasteiger partial charge in [-0.1, -0.05) is 11.8 Å². The average Bonchev–Trinajstić information content (AvgIpc) is 2.68. The Morgan fingerprint density at radius 3 is 2.41 bits per heavy atom. The number of nitrogens with zero attached hydrogens (tertiary/aromatic N) is 4. The largest absolute Gasteiger partial charge is 0.497 e. The number of hydrogen-bond acceptors (Lipinski definition) is 7. The molecule has 0 atom stereocenters. The molecule has 9 heteroatoms. The van der Waals surface area contributed by atoms with Crippen molar-refractivity contribution in [1.82, 2.24) is 14.9 Å². The summed E-state index contributed by atoms with van der Waals surface area (Å²) >= 11 is 1.57. The maximum absolute atomic E-state index is 5.49. The smallest absolute Gasteiger partial charge is 0.189 e. The third-order valence-corrected chi connectivity index (χ3v) is 4.94. The van der Waals surface area contributed by atoms with E-state index >= 15 is 0 Å². The van der Waals surface area contributed by atoms with Gasteiger partial charge in [0.25, 0.3) is 0 Å². The standard InChI is InChI=1S/C18H24N4O2S.2ClH/c1-23-15-4-5-16(24-2)14(12-15)13-21-8-10-22(11-9-21)17-6-7-19-18(20-17)25-3;;/h4-7,12H,8-11,13H2,1-3H3;2*1H. The van der Waals surface area contributed by atoms with Crippen LogP contribution in [0.4, 0.5) is 5.82 Å². The van der Waals surface area contributed by atoms with Crippen LogP contribution in [-0.2, 0) is 6.54 Å². The van der Waals surface area contributed by atoms with Gasteiger partial charge in [0.05, 0.1) is 14.2 Å². The van der Waals surface area contributed by atoms with Crippen molar-refractivity contribution in [3.8, 4) is 11.5 Å². The topological polar surface area (TPSA) is 50.7 Å². The van der Waals surface area contributed by atoms with Crippen LogP contribution in [0.25, 0.3) is 0 Å². The predicted octanol–water partition coefficient (Wildman–Crippen LogP) is 3.38. The summed E-state index contributed by atoms with van der Waals surface area (Å²) in [5.41, 5.74) is 1.15. The Kier molecular flexibility index (Phi) is 10.0. The minimum atomic E-state index is 0. The highest BCUT2D eigenvalue weighted by Gasteiger charge is 2.20. The fourth-order valence-corrected chi connectivity index (χ4v) is 3.34. The summed E-state index contributed by atoms with van der Waals surface area (Å²) in [6.07, 6.45) is 3.83. The lowest BCUT2D eigenvalue weighted by Crippen LogP contribution is -2.46. The van der Waals surface area contributed by atoms with E-state index < -0.39 is 0 Å². The van der Waals surface area contributed by atoms with Crippen LogP contribution in [-0.4, -0.2) is 61.5 Å². The molecule has 150 valence electrons. The highest BCUT2D eigenvalue weighted by molar-refractivity contribution is 7.98. The Bertz CT molecular complexity index is 716. The molecule has 0 bridgehead atoms. The first-order valence-corrected chi connectivity index (χ1v) is 9.51. The van der Waals surface area contributed by atoms with Crippen molar-refractivity contribution in [3.63, 3.8) is 0 Å². The van der Waals surface area contributed by atoms with Gasteiger partial charge < -0.3 is 14.4 Å². The number of aromatic nitrogens is 2. The molecule has 0 radical (unpaired) electrons. The lowest BCUT2D eigenvalue weighted by atomic mass is 10.1. The van der Waals surface area contributed by atoms with Crippen LogP contribution in [0, 0.1) is 0 Å². The summed E-state index contributed by atoms with van der Waals surface area (Å²) in [6, 6.07) is 7.94. The van der Waals surface area contributed by atoms with Crippen molar-refractivity contribution in [1.29, 1.82) is 0 Å². The maximum atomic E-state index is 5.49. The third kappa shape index (κ3) is 6.04. The van der Waals surface area contributed by atoms with Crippen LogP contribution in [0.15, 0.2) is 35.6 Å². The molecule has 0 unspecified atom stereocenters. The molecule has 0 saturated carbocycles. The van der Waals surface area contributed by atoms with Crippen molar-refractivity contribution in [3.05, 3.63) is 36.0 Å². The molecule has 2 heterocycles. The molecular formula is C18H26Cl2N4O2S. The first kappa shape index (κ1) is 23.6. The highest BCUT2D eigenvalue weighted by atomic mass is 35.5. The van der Waals surface area contributed by atoms with Gasteiger partial charge in [-0.15, -0.1) is 24.8 Å². The van der Waals surface area contributed by atoms with Gasteiger partial charge in [-0.25, -0.2) is 9.97 Å². The Morgan fingerprint density at radius 1 is 1.04 bits per heavy atom. The van der Waals surface area contributed by atoms with E-state index in [9.17, 15) is 0 Å². The van der Waals surface area contributed by atoms with E-state index in [1.54, 1.807) is 26.0 Å². The van der Waals surface area contributed by atoms with E-state index in [4.69, 9.17) is 9.47 Å². The Morgan fingerprint density at radius 2 is 1.78 bits per heavy atom. The van der Waals surface area contributed by atoms with Crippen LogP contribution in [0.5, 0.6) is 11.5 Å². The molecule has 1 aliphatic rings. The van der Waals surface area contributed by atoms with Gasteiger partial charge in [-0.2, -0.15) is 0 Å². The molecular weight excluding hydrogens is 407 g/mol. The summed E-state index contributed by atoms with van der Waals surface area (Å²) in [7, 11) is 3.40. The van der Waals surface area contributed by atoms with Crippen molar-refractivity contribution >= 4 is 42.4 Å². The van der Waals surface area contributed by atoms with Gasteiger partial charge in [-0.3, -0.25) is 4.90 Å². The van der Waals surface area contributed by atoms with E-state index in [2.05, 4.69) is 25.8 Å². The van der Waals surface area contributed by atoms with Crippen LogP contribution in [0.1, 0.15) is 5.56 Å². The summed E-state index contributed by atoms with van der Waals surface area (Å²) in [4.78, 5) is 13.6. The first-order valence-electron chi connectivity index (χ1n) is 8.28. The highest BCUT2D eigenvalue weighted by Crippen LogP contribution is 2.26. The lowest BCUT2D eigenvalue weighted by molar-refractivity contribution is 0.245. The molecule has 1 saturated heterocycles. The van der Waals surface area contributed by atoms with Crippen molar-refractivity contribution < 1.29 is 9.47 Å². The molecule has 0 N–H and O–H groups in total. The SMILES string of the molecule is COc1ccc(OC)c(CN2CCN(c3ccnc(SC)n3)CC2)c1.Cl.Cl. The fourth-order valence-electron chi connectivity index (χ4n) is 2.99. The number of halogens is 2. The predicted molar refractivity (Wildman–Crippen MR) is 115 cm³/mol. The summed E-state index contributed by atoms with van der Waals surface area (Å²) in [6.45, 7) is 4.74. The van der Waals surface area contributed by atoms with Crippen molar-refractivity contribution in [2.75, 3.05) is 51.6 Å². The summed E-state index contributed by atoms with van der Waals surface area (Å²) < 4.78 is 10.8. The van der Waals surface area contributed by atoms with Crippen LogP contribution in [0.2, 0.25) is 0 Å². The van der Waals surface area contributed by atoms with Crippen LogP contribution in [0.3, 0.4) is 0 Å². The molecule has 1 aromatic heterocycles. The van der Waals surface area contributed by atoms with E-state index in [0.717, 1.165) is 60.8 Å². The maximum Gasteiger partial charge on any atom is 0.189 e. The summed E-state index contributed by atoms with van der Waals surface area (Å²) in [5.74, 6) is 2.78. The molecule has 0 spiro atoms. The Hall–Kier alpha value is -1.41. The van der Waals surface area contributed by atoms with E-state index in [-0.39, 0.29) is 24.8 Å². The lowest BCUT2D eigenvalue weighted by Gasteiger charge is -2.35. The molecule has 1 fully saturated rings. The molecule has 1 aromatic carbocycles. The van der Waals surface area contributed by atoms with E-state index in [1.807, 2.05) is 30.7 Å². The second-order valence-corrected chi connectivity index (χ2v) is 6.62. The normalized spacial score (nSPS) is 14.1. The minimum Gasteiger partial charge on any atom is -0.497 e. The number of methoxy groups -OCH3 is 2. The zero-order chi connectivity index (χ0) is 17.6. The van der Waals surface area contributed by atoms with E-state index in [1.165, 1.54) is 0 Å². The molecule has 1 aliphatic heterocycles. The molecule has 0 aliphatic carbocycles. The monoisotopic (exact) mass is 432 g/mol. The van der Waals surface area contributed by atoms with Gasteiger partial charge in [0.2, 0.25) is 0 Å². The number of anilines is 1. The van der Waals surface area contributed by atoms with E-state index in [0.29, 0.717) is 0 Å². The number of ether oxygens (including phenoxy) is 2. The van der Waals surface area contributed by atoms with Gasteiger partial charge in [0.15, 0.2) is 5.16 Å². The van der Waals surface area contributed by atoms with Gasteiger partial charge in [-0.05, 0) is 30.5 Å².